The first-order valence-electron chi connectivity index (χ1n) is 7.51. The molecule has 0 aromatic carbocycles. The van der Waals surface area contributed by atoms with E-state index >= 15 is 0 Å². The summed E-state index contributed by atoms with van der Waals surface area (Å²) in [6.07, 6.45) is 2.58. The molecule has 0 bridgehead atoms. The van der Waals surface area contributed by atoms with Gasteiger partial charge in [-0.2, -0.15) is 0 Å². The maximum Gasteiger partial charge on any atom is 0.249 e. The molecule has 1 aliphatic heterocycles. The lowest BCUT2D eigenvalue weighted by atomic mass is 9.88. The molecule has 2 fully saturated rings. The highest BCUT2D eigenvalue weighted by atomic mass is 16.5. The summed E-state index contributed by atoms with van der Waals surface area (Å²) in [7, 11) is 0. The number of hydrogen-bond acceptors (Lipinski definition) is 4. The van der Waals surface area contributed by atoms with E-state index in [9.17, 15) is 9.59 Å². The number of aryl methyl sites for hydroxylation is 1. The van der Waals surface area contributed by atoms with Gasteiger partial charge >= 0.3 is 0 Å². The van der Waals surface area contributed by atoms with Crippen molar-refractivity contribution in [2.45, 2.75) is 58.2 Å². The average molecular weight is 291 g/mol. The summed E-state index contributed by atoms with van der Waals surface area (Å²) in [6, 6.07) is 1.38. The van der Waals surface area contributed by atoms with Crippen LogP contribution >= 0.6 is 0 Å². The van der Waals surface area contributed by atoms with Crippen LogP contribution in [0.15, 0.2) is 10.6 Å². The van der Waals surface area contributed by atoms with Crippen molar-refractivity contribution in [2.75, 3.05) is 0 Å². The van der Waals surface area contributed by atoms with Crippen molar-refractivity contribution in [3.63, 3.8) is 0 Å². The molecule has 0 radical (unpaired) electrons. The molecule has 1 saturated heterocycles. The summed E-state index contributed by atoms with van der Waals surface area (Å²) >= 11 is 0. The highest BCUT2D eigenvalue weighted by Gasteiger charge is 2.55. The SMILES string of the molecule is CCC1C(=O)NC(C)(C2CC2)C(=O)N1Cc1cc(C)on1. The normalized spacial score (nSPS) is 29.7. The van der Waals surface area contributed by atoms with Gasteiger partial charge in [0, 0.05) is 6.07 Å². The highest BCUT2D eigenvalue weighted by molar-refractivity contribution is 6.00. The van der Waals surface area contributed by atoms with Crippen molar-refractivity contribution in [1.29, 1.82) is 0 Å². The number of nitrogens with zero attached hydrogens (tertiary/aromatic N) is 2. The van der Waals surface area contributed by atoms with Gasteiger partial charge in [0.2, 0.25) is 11.8 Å². The second-order valence-corrected chi connectivity index (χ2v) is 6.25. The van der Waals surface area contributed by atoms with Crippen molar-refractivity contribution in [3.8, 4) is 0 Å². The Balaban J connectivity index is 1.89. The second-order valence-electron chi connectivity index (χ2n) is 6.25. The Morgan fingerprint density at radius 3 is 2.71 bits per heavy atom. The third-order valence-electron chi connectivity index (χ3n) is 4.56. The fourth-order valence-corrected chi connectivity index (χ4v) is 3.17. The molecule has 1 aromatic heterocycles. The van der Waals surface area contributed by atoms with Gasteiger partial charge in [-0.05, 0) is 39.0 Å². The molecule has 6 nitrogen and oxygen atoms in total. The van der Waals surface area contributed by atoms with Gasteiger partial charge in [-0.3, -0.25) is 9.59 Å². The standard InChI is InChI=1S/C15H21N3O3/c1-4-12-13(19)16-15(3,10-5-6-10)14(20)18(12)8-11-7-9(2)21-17-11/h7,10,12H,4-6,8H2,1-3H3,(H,16,19). The molecule has 2 amide bonds. The van der Waals surface area contributed by atoms with Gasteiger partial charge < -0.3 is 14.7 Å². The number of nitrogens with one attached hydrogen (secondary N) is 1. The quantitative estimate of drug-likeness (QED) is 0.909. The van der Waals surface area contributed by atoms with E-state index in [4.69, 9.17) is 4.52 Å². The van der Waals surface area contributed by atoms with Crippen molar-refractivity contribution >= 4 is 11.8 Å². The smallest absolute Gasteiger partial charge is 0.249 e. The molecule has 1 aliphatic carbocycles. The highest BCUT2D eigenvalue weighted by Crippen LogP contribution is 2.42. The van der Waals surface area contributed by atoms with Crippen molar-refractivity contribution < 1.29 is 14.1 Å². The number of aromatic nitrogens is 1. The lowest BCUT2D eigenvalue weighted by Crippen LogP contribution is -2.69. The number of rotatable bonds is 4. The third-order valence-corrected chi connectivity index (χ3v) is 4.56. The van der Waals surface area contributed by atoms with Gasteiger partial charge in [0.1, 0.15) is 23.0 Å². The van der Waals surface area contributed by atoms with Gasteiger partial charge in [-0.1, -0.05) is 12.1 Å². The van der Waals surface area contributed by atoms with Crippen molar-refractivity contribution in [2.24, 2.45) is 5.92 Å². The monoisotopic (exact) mass is 291 g/mol. The maximum absolute atomic E-state index is 12.9. The fraction of sp³-hybridized carbons (Fsp3) is 0.667. The summed E-state index contributed by atoms with van der Waals surface area (Å²) in [4.78, 5) is 26.9. The van der Waals surface area contributed by atoms with Crippen LogP contribution in [0, 0.1) is 12.8 Å². The van der Waals surface area contributed by atoms with E-state index in [1.807, 2.05) is 20.8 Å². The lowest BCUT2D eigenvalue weighted by molar-refractivity contribution is -0.156. The topological polar surface area (TPSA) is 75.4 Å². The van der Waals surface area contributed by atoms with Crippen molar-refractivity contribution in [3.05, 3.63) is 17.5 Å². The summed E-state index contributed by atoms with van der Waals surface area (Å²) in [5.41, 5.74) is -0.0752. The number of carbonyl (C=O) groups is 2. The van der Waals surface area contributed by atoms with Crippen LogP contribution in [0.25, 0.3) is 0 Å². The molecule has 1 saturated carbocycles. The summed E-state index contributed by atoms with van der Waals surface area (Å²) in [6.45, 7) is 5.90. The number of carbonyl (C=O) groups excluding carboxylic acids is 2. The largest absolute Gasteiger partial charge is 0.361 e. The predicted molar refractivity (Wildman–Crippen MR) is 75.1 cm³/mol. The van der Waals surface area contributed by atoms with E-state index in [0.29, 0.717) is 24.4 Å². The molecule has 114 valence electrons. The molecule has 3 rings (SSSR count). The zero-order valence-electron chi connectivity index (χ0n) is 12.7. The zero-order chi connectivity index (χ0) is 15.2. The first-order chi connectivity index (χ1) is 9.95. The van der Waals surface area contributed by atoms with Crippen LogP contribution in [-0.2, 0) is 16.1 Å². The fourth-order valence-electron chi connectivity index (χ4n) is 3.17. The van der Waals surface area contributed by atoms with Gasteiger partial charge in [-0.15, -0.1) is 0 Å². The molecule has 0 spiro atoms. The van der Waals surface area contributed by atoms with E-state index in [2.05, 4.69) is 10.5 Å². The molecule has 2 aliphatic rings. The molecule has 1 aromatic rings. The van der Waals surface area contributed by atoms with Crippen LogP contribution in [0.2, 0.25) is 0 Å². The van der Waals surface area contributed by atoms with E-state index in [1.165, 1.54) is 0 Å². The number of piperazine rings is 1. The maximum atomic E-state index is 12.9. The van der Waals surface area contributed by atoms with Gasteiger partial charge in [0.25, 0.3) is 0 Å². The van der Waals surface area contributed by atoms with Crippen LogP contribution in [-0.4, -0.2) is 33.5 Å². The average Bonchev–Trinajstić information content (AvgIpc) is 3.21. The molecule has 2 unspecified atom stereocenters. The molecular weight excluding hydrogens is 270 g/mol. The van der Waals surface area contributed by atoms with E-state index < -0.39 is 11.6 Å². The minimum atomic E-state index is -0.762. The Morgan fingerprint density at radius 2 is 2.19 bits per heavy atom. The molecular formula is C15H21N3O3. The van der Waals surface area contributed by atoms with Crippen LogP contribution in [0.5, 0.6) is 0 Å². The Morgan fingerprint density at radius 1 is 1.48 bits per heavy atom. The molecule has 6 heteroatoms. The van der Waals surface area contributed by atoms with E-state index in [-0.39, 0.29) is 17.7 Å². The summed E-state index contributed by atoms with van der Waals surface area (Å²) < 4.78 is 5.06. The van der Waals surface area contributed by atoms with Gasteiger partial charge in [-0.25, -0.2) is 0 Å². The minimum absolute atomic E-state index is 0.00268. The zero-order valence-corrected chi connectivity index (χ0v) is 12.7. The van der Waals surface area contributed by atoms with Crippen LogP contribution in [0.4, 0.5) is 0 Å². The summed E-state index contributed by atoms with van der Waals surface area (Å²) in [5.74, 6) is 0.897. The molecule has 2 atom stereocenters. The summed E-state index contributed by atoms with van der Waals surface area (Å²) in [5, 5.41) is 6.90. The van der Waals surface area contributed by atoms with E-state index in [0.717, 1.165) is 12.8 Å². The Labute approximate surface area is 123 Å². The van der Waals surface area contributed by atoms with Crippen molar-refractivity contribution in [1.82, 2.24) is 15.4 Å². The molecule has 2 heterocycles. The Hall–Kier alpha value is -1.85. The molecule has 21 heavy (non-hydrogen) atoms. The number of amides is 2. The second kappa shape index (κ2) is 4.86. The third kappa shape index (κ3) is 2.32. The lowest BCUT2D eigenvalue weighted by Gasteiger charge is -2.44. The Kier molecular flexibility index (Phi) is 3.26. The first-order valence-corrected chi connectivity index (χ1v) is 7.51. The minimum Gasteiger partial charge on any atom is -0.361 e. The molecule has 1 N–H and O–H groups in total. The van der Waals surface area contributed by atoms with Gasteiger partial charge in [0.05, 0.1) is 6.54 Å². The van der Waals surface area contributed by atoms with Crippen LogP contribution < -0.4 is 5.32 Å². The predicted octanol–water partition coefficient (Wildman–Crippen LogP) is 1.39. The van der Waals surface area contributed by atoms with Crippen LogP contribution in [0.3, 0.4) is 0 Å². The Bertz CT molecular complexity index is 578. The number of hydrogen-bond donors (Lipinski definition) is 1. The first kappa shape index (κ1) is 14.1. The van der Waals surface area contributed by atoms with Gasteiger partial charge in [0.15, 0.2) is 0 Å². The van der Waals surface area contributed by atoms with Crippen LogP contribution in [0.1, 0.15) is 44.6 Å². The van der Waals surface area contributed by atoms with E-state index in [1.54, 1.807) is 11.0 Å².